The molecule has 0 atom stereocenters. The Kier molecular flexibility index (Phi) is 4.92. The van der Waals surface area contributed by atoms with Gasteiger partial charge in [0.25, 0.3) is 0 Å². The van der Waals surface area contributed by atoms with Gasteiger partial charge in [0, 0.05) is 5.75 Å². The lowest BCUT2D eigenvalue weighted by Crippen LogP contribution is -2.03. The fourth-order valence-electron chi connectivity index (χ4n) is 2.29. The minimum atomic E-state index is 0.757. The lowest BCUT2D eigenvalue weighted by Gasteiger charge is -2.10. The van der Waals surface area contributed by atoms with Crippen molar-refractivity contribution in [2.75, 3.05) is 12.9 Å². The van der Waals surface area contributed by atoms with E-state index >= 15 is 0 Å². The number of aromatic nitrogens is 4. The average molecular weight is 326 g/mol. The summed E-state index contributed by atoms with van der Waals surface area (Å²) in [6.45, 7) is 2.04. The summed E-state index contributed by atoms with van der Waals surface area (Å²) in [7, 11) is 1.65. The maximum absolute atomic E-state index is 5.43. The van der Waals surface area contributed by atoms with Gasteiger partial charge < -0.3 is 4.74 Å². The van der Waals surface area contributed by atoms with Gasteiger partial charge in [-0.25, -0.2) is 0 Å². The Balaban J connectivity index is 1.76. The Morgan fingerprint density at radius 2 is 1.96 bits per heavy atom. The van der Waals surface area contributed by atoms with Crippen molar-refractivity contribution >= 4 is 11.8 Å². The van der Waals surface area contributed by atoms with Crippen LogP contribution < -0.4 is 4.74 Å². The molecule has 0 bridgehead atoms. The van der Waals surface area contributed by atoms with E-state index < -0.39 is 0 Å². The van der Waals surface area contributed by atoms with Crippen LogP contribution in [0.25, 0.3) is 5.69 Å². The first-order valence-corrected chi connectivity index (χ1v) is 8.36. The fraction of sp³-hybridized carbons (Fsp3) is 0.235. The van der Waals surface area contributed by atoms with Gasteiger partial charge in [0.05, 0.1) is 7.11 Å². The third kappa shape index (κ3) is 3.71. The van der Waals surface area contributed by atoms with Crippen molar-refractivity contribution in [3.63, 3.8) is 0 Å². The Morgan fingerprint density at radius 3 is 2.74 bits per heavy atom. The van der Waals surface area contributed by atoms with Crippen molar-refractivity contribution in [2.24, 2.45) is 0 Å². The zero-order valence-corrected chi connectivity index (χ0v) is 14.0. The maximum Gasteiger partial charge on any atom is 0.214 e. The van der Waals surface area contributed by atoms with Crippen molar-refractivity contribution in [1.29, 1.82) is 0 Å². The molecular weight excluding hydrogens is 308 g/mol. The SMILES string of the molecule is COc1ccc(C)cc1-n1nnnc1SCCc1ccccc1. The summed E-state index contributed by atoms with van der Waals surface area (Å²) in [5, 5.41) is 12.8. The second-order valence-electron chi connectivity index (χ2n) is 5.13. The molecule has 1 aromatic heterocycles. The monoisotopic (exact) mass is 326 g/mol. The standard InChI is InChI=1S/C17H18N4OS/c1-13-8-9-16(22-2)15(12-13)21-17(18-19-20-21)23-11-10-14-6-4-3-5-7-14/h3-9,12H,10-11H2,1-2H3. The van der Waals surface area contributed by atoms with E-state index in [0.717, 1.165) is 34.3 Å². The summed E-state index contributed by atoms with van der Waals surface area (Å²) in [5.74, 6) is 1.67. The predicted molar refractivity (Wildman–Crippen MR) is 91.3 cm³/mol. The van der Waals surface area contributed by atoms with Crippen molar-refractivity contribution < 1.29 is 4.74 Å². The van der Waals surface area contributed by atoms with Crippen LogP contribution in [0.3, 0.4) is 0 Å². The molecule has 1 heterocycles. The predicted octanol–water partition coefficient (Wildman–Crippen LogP) is 3.31. The molecule has 0 amide bonds. The van der Waals surface area contributed by atoms with E-state index in [1.165, 1.54) is 5.56 Å². The third-order valence-corrected chi connectivity index (χ3v) is 4.39. The van der Waals surface area contributed by atoms with Gasteiger partial charge in [-0.2, -0.15) is 4.68 Å². The van der Waals surface area contributed by atoms with Gasteiger partial charge in [0.1, 0.15) is 11.4 Å². The topological polar surface area (TPSA) is 52.8 Å². The molecule has 0 fully saturated rings. The summed E-state index contributed by atoms with van der Waals surface area (Å²) in [6, 6.07) is 16.4. The van der Waals surface area contributed by atoms with Crippen LogP contribution in [0.15, 0.2) is 53.7 Å². The van der Waals surface area contributed by atoms with Crippen molar-refractivity contribution in [1.82, 2.24) is 20.2 Å². The highest BCUT2D eigenvalue weighted by Crippen LogP contribution is 2.27. The van der Waals surface area contributed by atoms with Crippen LogP contribution in [-0.4, -0.2) is 33.1 Å². The summed E-state index contributed by atoms with van der Waals surface area (Å²) in [4.78, 5) is 0. The quantitative estimate of drug-likeness (QED) is 0.651. The first kappa shape index (κ1) is 15.6. The van der Waals surface area contributed by atoms with E-state index in [1.54, 1.807) is 23.6 Å². The number of nitrogens with zero attached hydrogens (tertiary/aromatic N) is 4. The maximum atomic E-state index is 5.43. The van der Waals surface area contributed by atoms with E-state index in [4.69, 9.17) is 4.74 Å². The molecule has 5 nitrogen and oxygen atoms in total. The molecule has 0 radical (unpaired) electrons. The van der Waals surface area contributed by atoms with Crippen LogP contribution in [-0.2, 0) is 6.42 Å². The van der Waals surface area contributed by atoms with E-state index in [1.807, 2.05) is 31.2 Å². The Hall–Kier alpha value is -2.34. The normalized spacial score (nSPS) is 10.7. The number of tetrazole rings is 1. The first-order chi connectivity index (χ1) is 11.3. The minimum absolute atomic E-state index is 0.757. The number of hydrogen-bond acceptors (Lipinski definition) is 5. The van der Waals surface area contributed by atoms with Gasteiger partial charge in [-0.15, -0.1) is 5.10 Å². The molecule has 2 aromatic carbocycles. The molecule has 0 N–H and O–H groups in total. The van der Waals surface area contributed by atoms with Crippen LogP contribution in [0.5, 0.6) is 5.75 Å². The average Bonchev–Trinajstić information content (AvgIpc) is 3.04. The molecule has 6 heteroatoms. The highest BCUT2D eigenvalue weighted by Gasteiger charge is 2.13. The van der Waals surface area contributed by atoms with E-state index in [-0.39, 0.29) is 0 Å². The molecule has 0 spiro atoms. The van der Waals surface area contributed by atoms with Gasteiger partial charge in [-0.05, 0) is 47.0 Å². The summed E-state index contributed by atoms with van der Waals surface area (Å²) >= 11 is 1.64. The molecule has 0 aliphatic carbocycles. The molecule has 0 saturated heterocycles. The molecule has 118 valence electrons. The molecule has 23 heavy (non-hydrogen) atoms. The highest BCUT2D eigenvalue weighted by atomic mass is 32.2. The second-order valence-corrected chi connectivity index (χ2v) is 6.19. The Labute approximate surface area is 139 Å². The van der Waals surface area contributed by atoms with Crippen LogP contribution >= 0.6 is 11.8 Å². The van der Waals surface area contributed by atoms with Gasteiger partial charge in [0.2, 0.25) is 5.16 Å². The number of methoxy groups -OCH3 is 1. The molecule has 0 aliphatic heterocycles. The van der Waals surface area contributed by atoms with Gasteiger partial charge in [-0.3, -0.25) is 0 Å². The molecular formula is C17H18N4OS. The van der Waals surface area contributed by atoms with Crippen LogP contribution in [0.4, 0.5) is 0 Å². The molecule has 3 rings (SSSR count). The first-order valence-electron chi connectivity index (χ1n) is 7.38. The second kappa shape index (κ2) is 7.28. The van der Waals surface area contributed by atoms with Crippen molar-refractivity contribution in [2.45, 2.75) is 18.5 Å². The van der Waals surface area contributed by atoms with Crippen molar-refractivity contribution in [3.8, 4) is 11.4 Å². The lowest BCUT2D eigenvalue weighted by molar-refractivity contribution is 0.410. The molecule has 0 aliphatic rings. The van der Waals surface area contributed by atoms with Crippen LogP contribution in [0, 0.1) is 6.92 Å². The van der Waals surface area contributed by atoms with Gasteiger partial charge >= 0.3 is 0 Å². The largest absolute Gasteiger partial charge is 0.494 e. The zero-order valence-electron chi connectivity index (χ0n) is 13.1. The van der Waals surface area contributed by atoms with E-state index in [9.17, 15) is 0 Å². The van der Waals surface area contributed by atoms with Crippen molar-refractivity contribution in [3.05, 3.63) is 59.7 Å². The van der Waals surface area contributed by atoms with Crippen LogP contribution in [0.1, 0.15) is 11.1 Å². The van der Waals surface area contributed by atoms with Gasteiger partial charge in [0.15, 0.2) is 0 Å². The molecule has 0 unspecified atom stereocenters. The van der Waals surface area contributed by atoms with E-state index in [0.29, 0.717) is 0 Å². The summed E-state index contributed by atoms with van der Waals surface area (Å²) < 4.78 is 7.16. The number of rotatable bonds is 6. The lowest BCUT2D eigenvalue weighted by atomic mass is 10.2. The molecule has 3 aromatic rings. The molecule has 0 saturated carbocycles. The third-order valence-electron chi connectivity index (χ3n) is 3.47. The number of hydrogen-bond donors (Lipinski definition) is 0. The number of ether oxygens (including phenoxy) is 1. The zero-order chi connectivity index (χ0) is 16.1. The minimum Gasteiger partial charge on any atom is -0.494 e. The Bertz CT molecular complexity index is 773. The number of aryl methyl sites for hydroxylation is 2. The number of benzene rings is 2. The summed E-state index contributed by atoms with van der Waals surface area (Å²) in [5.41, 5.74) is 3.31. The van der Waals surface area contributed by atoms with E-state index in [2.05, 4.69) is 39.8 Å². The van der Waals surface area contributed by atoms with Crippen LogP contribution in [0.2, 0.25) is 0 Å². The summed E-state index contributed by atoms with van der Waals surface area (Å²) in [6.07, 6.45) is 0.976. The highest BCUT2D eigenvalue weighted by molar-refractivity contribution is 7.99. The van der Waals surface area contributed by atoms with Gasteiger partial charge in [-0.1, -0.05) is 48.2 Å². The fourth-order valence-corrected chi connectivity index (χ4v) is 3.16. The smallest absolute Gasteiger partial charge is 0.214 e. The Morgan fingerprint density at radius 1 is 1.13 bits per heavy atom. The number of thioether (sulfide) groups is 1.